The normalized spacial score (nSPS) is 58.6. The molecule has 4 saturated carbocycles. The molecular formula is C19H33N. The van der Waals surface area contributed by atoms with E-state index in [-0.39, 0.29) is 0 Å². The van der Waals surface area contributed by atoms with Crippen LogP contribution in [0.1, 0.15) is 78.1 Å². The Morgan fingerprint density at radius 3 is 2.40 bits per heavy atom. The molecule has 0 heterocycles. The third-order valence-corrected chi connectivity index (χ3v) is 8.66. The van der Waals surface area contributed by atoms with E-state index in [4.69, 9.17) is 5.73 Å². The van der Waals surface area contributed by atoms with Crippen molar-refractivity contribution in [2.24, 2.45) is 40.2 Å². The molecule has 0 spiro atoms. The highest BCUT2D eigenvalue weighted by molar-refractivity contribution is 5.09. The predicted molar refractivity (Wildman–Crippen MR) is 84.3 cm³/mol. The summed E-state index contributed by atoms with van der Waals surface area (Å²) in [5.41, 5.74) is 7.69. The van der Waals surface area contributed by atoms with Crippen LogP contribution < -0.4 is 5.73 Å². The Hall–Kier alpha value is -0.0400. The van der Waals surface area contributed by atoms with E-state index < -0.39 is 0 Å². The molecule has 4 aliphatic carbocycles. The Morgan fingerprint density at radius 1 is 0.750 bits per heavy atom. The van der Waals surface area contributed by atoms with Crippen molar-refractivity contribution in [3.05, 3.63) is 0 Å². The van der Waals surface area contributed by atoms with Gasteiger partial charge in [-0.15, -0.1) is 0 Å². The summed E-state index contributed by atoms with van der Waals surface area (Å²) in [5.74, 6) is 4.06. The smallest absolute Gasteiger partial charge is 0.00957 e. The second-order valence-corrected chi connectivity index (χ2v) is 9.13. The van der Waals surface area contributed by atoms with Crippen molar-refractivity contribution >= 4 is 0 Å². The van der Waals surface area contributed by atoms with Crippen LogP contribution in [0.2, 0.25) is 0 Å². The first-order valence-corrected chi connectivity index (χ1v) is 9.31. The lowest BCUT2D eigenvalue weighted by Crippen LogP contribution is -2.54. The van der Waals surface area contributed by atoms with Crippen LogP contribution >= 0.6 is 0 Å². The molecule has 0 bridgehead atoms. The zero-order chi connectivity index (χ0) is 14.0. The van der Waals surface area contributed by atoms with E-state index in [1.54, 1.807) is 0 Å². The molecule has 0 aromatic heterocycles. The van der Waals surface area contributed by atoms with Crippen LogP contribution in [0.15, 0.2) is 0 Å². The van der Waals surface area contributed by atoms with E-state index >= 15 is 0 Å². The van der Waals surface area contributed by atoms with E-state index in [2.05, 4.69) is 13.8 Å². The first-order valence-electron chi connectivity index (χ1n) is 9.31. The molecule has 0 aromatic carbocycles. The number of hydrogen-bond donors (Lipinski definition) is 1. The predicted octanol–water partition coefficient (Wildman–Crippen LogP) is 4.75. The Morgan fingerprint density at radius 2 is 1.55 bits per heavy atom. The average Bonchev–Trinajstić information content (AvgIpc) is 2.74. The van der Waals surface area contributed by atoms with Crippen LogP contribution in [0.25, 0.3) is 0 Å². The third-order valence-electron chi connectivity index (χ3n) is 8.66. The van der Waals surface area contributed by atoms with Crippen LogP contribution in [0.5, 0.6) is 0 Å². The van der Waals surface area contributed by atoms with E-state index in [0.29, 0.717) is 16.9 Å². The number of fused-ring (bicyclic) bond motifs is 5. The number of rotatable bonds is 0. The second-order valence-electron chi connectivity index (χ2n) is 9.13. The van der Waals surface area contributed by atoms with Gasteiger partial charge in [0, 0.05) is 6.04 Å². The van der Waals surface area contributed by atoms with Crippen molar-refractivity contribution in [1.29, 1.82) is 0 Å². The van der Waals surface area contributed by atoms with Gasteiger partial charge >= 0.3 is 0 Å². The minimum absolute atomic E-state index is 0.485. The molecule has 0 aliphatic heterocycles. The molecule has 0 unspecified atom stereocenters. The molecule has 0 amide bonds. The van der Waals surface area contributed by atoms with Crippen LogP contribution in [-0.4, -0.2) is 6.04 Å². The molecule has 4 aliphatic rings. The maximum atomic E-state index is 6.51. The van der Waals surface area contributed by atoms with Crippen LogP contribution in [0.3, 0.4) is 0 Å². The monoisotopic (exact) mass is 275 g/mol. The van der Waals surface area contributed by atoms with Crippen molar-refractivity contribution in [2.75, 3.05) is 0 Å². The fourth-order valence-electron chi connectivity index (χ4n) is 7.34. The first kappa shape index (κ1) is 13.6. The van der Waals surface area contributed by atoms with Gasteiger partial charge in [0.15, 0.2) is 0 Å². The topological polar surface area (TPSA) is 26.0 Å². The minimum atomic E-state index is 0.485. The average molecular weight is 275 g/mol. The van der Waals surface area contributed by atoms with Crippen LogP contribution in [0.4, 0.5) is 0 Å². The Kier molecular flexibility index (Phi) is 3.05. The van der Waals surface area contributed by atoms with Gasteiger partial charge in [-0.3, -0.25) is 0 Å². The molecule has 0 saturated heterocycles. The van der Waals surface area contributed by atoms with E-state index in [1.165, 1.54) is 64.2 Å². The molecular weight excluding hydrogens is 242 g/mol. The van der Waals surface area contributed by atoms with Gasteiger partial charge in [-0.1, -0.05) is 26.7 Å². The Labute approximate surface area is 125 Å². The maximum absolute atomic E-state index is 6.51. The van der Waals surface area contributed by atoms with Gasteiger partial charge in [-0.25, -0.2) is 0 Å². The molecule has 1 nitrogen and oxygen atoms in total. The second kappa shape index (κ2) is 4.48. The lowest BCUT2D eigenvalue weighted by atomic mass is 9.45. The minimum Gasteiger partial charge on any atom is -0.327 e. The molecule has 4 rings (SSSR count). The van der Waals surface area contributed by atoms with E-state index in [1.807, 2.05) is 0 Å². The standard InChI is InChI=1S/C19H33N/c1-18-11-4-3-5-13(18)6-7-14-15-8-9-17(20)19(15,2)12-10-16(14)18/h13-17H,3-12,20H2,1-2H3/t13-,14-,15-,16+,17+,18+,19+/m1/s1. The zero-order valence-electron chi connectivity index (χ0n) is 13.5. The van der Waals surface area contributed by atoms with E-state index in [9.17, 15) is 0 Å². The van der Waals surface area contributed by atoms with Gasteiger partial charge in [0.1, 0.15) is 0 Å². The summed E-state index contributed by atoms with van der Waals surface area (Å²) in [6, 6.07) is 0.491. The van der Waals surface area contributed by atoms with Crippen molar-refractivity contribution in [2.45, 2.75) is 84.1 Å². The molecule has 0 radical (unpaired) electrons. The summed E-state index contributed by atoms with van der Waals surface area (Å²) in [7, 11) is 0. The highest BCUT2D eigenvalue weighted by Crippen LogP contribution is 2.65. The largest absolute Gasteiger partial charge is 0.327 e. The number of nitrogens with two attached hydrogens (primary N) is 1. The maximum Gasteiger partial charge on any atom is 0.00957 e. The molecule has 7 atom stereocenters. The van der Waals surface area contributed by atoms with Crippen LogP contribution in [-0.2, 0) is 0 Å². The summed E-state index contributed by atoms with van der Waals surface area (Å²) in [6.07, 6.45) is 14.7. The lowest BCUT2D eigenvalue weighted by Gasteiger charge is -2.60. The highest BCUT2D eigenvalue weighted by atomic mass is 14.8. The van der Waals surface area contributed by atoms with Crippen molar-refractivity contribution in [3.63, 3.8) is 0 Å². The van der Waals surface area contributed by atoms with Gasteiger partial charge in [-0.05, 0) is 85.9 Å². The molecule has 0 aromatic rings. The summed E-state index contributed by atoms with van der Waals surface area (Å²) in [4.78, 5) is 0. The number of hydrogen-bond acceptors (Lipinski definition) is 1. The Balaban J connectivity index is 1.64. The van der Waals surface area contributed by atoms with Gasteiger partial charge in [0.05, 0.1) is 0 Å². The summed E-state index contributed by atoms with van der Waals surface area (Å²) < 4.78 is 0. The van der Waals surface area contributed by atoms with Gasteiger partial charge in [0.25, 0.3) is 0 Å². The summed E-state index contributed by atoms with van der Waals surface area (Å²) in [5, 5.41) is 0. The summed E-state index contributed by atoms with van der Waals surface area (Å²) in [6.45, 7) is 5.20. The molecule has 4 fully saturated rings. The van der Waals surface area contributed by atoms with Gasteiger partial charge < -0.3 is 5.73 Å². The van der Waals surface area contributed by atoms with Gasteiger partial charge in [0.2, 0.25) is 0 Å². The Bertz CT molecular complexity index is 391. The highest BCUT2D eigenvalue weighted by Gasteiger charge is 2.58. The summed E-state index contributed by atoms with van der Waals surface area (Å²) >= 11 is 0. The van der Waals surface area contributed by atoms with Crippen molar-refractivity contribution in [3.8, 4) is 0 Å². The first-order chi connectivity index (χ1) is 9.56. The quantitative estimate of drug-likeness (QED) is 0.678. The lowest BCUT2D eigenvalue weighted by molar-refractivity contribution is -0.105. The molecule has 20 heavy (non-hydrogen) atoms. The van der Waals surface area contributed by atoms with Crippen molar-refractivity contribution < 1.29 is 0 Å². The molecule has 2 N–H and O–H groups in total. The van der Waals surface area contributed by atoms with Gasteiger partial charge in [-0.2, -0.15) is 0 Å². The third kappa shape index (κ3) is 1.65. The zero-order valence-corrected chi connectivity index (χ0v) is 13.5. The van der Waals surface area contributed by atoms with Crippen LogP contribution in [0, 0.1) is 34.5 Å². The SMILES string of the molecule is C[C@]12CC[C@H]3[C@H](CC[C@H]4CCCC[C@@]43C)[C@H]1CC[C@@H]2N. The fourth-order valence-corrected chi connectivity index (χ4v) is 7.34. The van der Waals surface area contributed by atoms with E-state index in [0.717, 1.165) is 23.7 Å². The van der Waals surface area contributed by atoms with Crippen molar-refractivity contribution in [1.82, 2.24) is 0 Å². The fraction of sp³-hybridized carbons (Fsp3) is 1.00. The molecule has 1 heteroatoms. The molecule has 114 valence electrons.